The van der Waals surface area contributed by atoms with Gasteiger partial charge < -0.3 is 14.2 Å². The first-order chi connectivity index (χ1) is 8.65. The van der Waals surface area contributed by atoms with E-state index >= 15 is 0 Å². The monoisotopic (exact) mass is 270 g/mol. The number of alkyl halides is 1. The molecule has 2 rings (SSSR count). The fourth-order valence-electron chi connectivity index (χ4n) is 2.06. The van der Waals surface area contributed by atoms with Gasteiger partial charge in [-0.05, 0) is 31.0 Å². The van der Waals surface area contributed by atoms with Crippen LogP contribution in [-0.4, -0.2) is 31.5 Å². The topological polar surface area (TPSA) is 27.7 Å². The zero-order chi connectivity index (χ0) is 13.0. The summed E-state index contributed by atoms with van der Waals surface area (Å²) in [7, 11) is 1.67. The number of aryl methyl sites for hydroxylation is 1. The fourth-order valence-corrected chi connectivity index (χ4v) is 2.21. The molecule has 1 fully saturated rings. The van der Waals surface area contributed by atoms with Crippen LogP contribution in [0.5, 0.6) is 5.75 Å². The van der Waals surface area contributed by atoms with Crippen molar-refractivity contribution < 1.29 is 14.2 Å². The van der Waals surface area contributed by atoms with Gasteiger partial charge in [0.05, 0.1) is 25.7 Å². The summed E-state index contributed by atoms with van der Waals surface area (Å²) < 4.78 is 16.6. The first-order valence-electron chi connectivity index (χ1n) is 6.16. The van der Waals surface area contributed by atoms with E-state index in [2.05, 4.69) is 12.1 Å². The number of hydrogen-bond acceptors (Lipinski definition) is 3. The van der Waals surface area contributed by atoms with Crippen LogP contribution in [0.15, 0.2) is 24.3 Å². The van der Waals surface area contributed by atoms with Crippen molar-refractivity contribution >= 4 is 11.6 Å². The van der Waals surface area contributed by atoms with Gasteiger partial charge in [-0.25, -0.2) is 0 Å². The van der Waals surface area contributed by atoms with Crippen LogP contribution >= 0.6 is 11.6 Å². The first-order valence-corrected chi connectivity index (χ1v) is 6.69. The number of methoxy groups -OCH3 is 1. The van der Waals surface area contributed by atoms with Crippen molar-refractivity contribution in [3.05, 3.63) is 29.8 Å². The largest absolute Gasteiger partial charge is 0.497 e. The van der Waals surface area contributed by atoms with Crippen molar-refractivity contribution in [2.75, 3.05) is 19.6 Å². The molecule has 3 nitrogen and oxygen atoms in total. The van der Waals surface area contributed by atoms with E-state index in [0.717, 1.165) is 18.6 Å². The second-order valence-corrected chi connectivity index (χ2v) is 5.00. The minimum absolute atomic E-state index is 0.0209. The Morgan fingerprint density at radius 2 is 2.11 bits per heavy atom. The van der Waals surface area contributed by atoms with Gasteiger partial charge in [0.15, 0.2) is 5.79 Å². The van der Waals surface area contributed by atoms with Crippen molar-refractivity contribution in [1.29, 1.82) is 0 Å². The zero-order valence-electron chi connectivity index (χ0n) is 10.8. The van der Waals surface area contributed by atoms with E-state index in [1.807, 2.05) is 19.1 Å². The molecular formula is C14H19ClO3. The van der Waals surface area contributed by atoms with Gasteiger partial charge in [0, 0.05) is 6.42 Å². The lowest BCUT2D eigenvalue weighted by molar-refractivity contribution is -0.155. The van der Waals surface area contributed by atoms with Crippen molar-refractivity contribution in [3.8, 4) is 5.75 Å². The molecule has 100 valence electrons. The predicted molar refractivity (Wildman–Crippen MR) is 71.3 cm³/mol. The van der Waals surface area contributed by atoms with E-state index in [1.165, 1.54) is 5.56 Å². The van der Waals surface area contributed by atoms with Gasteiger partial charge in [-0.3, -0.25) is 0 Å². The molecule has 0 saturated carbocycles. The van der Waals surface area contributed by atoms with Crippen molar-refractivity contribution in [2.45, 2.75) is 31.7 Å². The average Bonchev–Trinajstić information content (AvgIpc) is 2.79. The highest BCUT2D eigenvalue weighted by Crippen LogP contribution is 2.28. The standard InChI is InChI=1S/C14H19ClO3/c1-14(17-10-13(9-15)18-14)8-7-11-3-5-12(16-2)6-4-11/h3-6,13H,7-10H2,1-2H3/t13-,14+/m0/s1. The van der Waals surface area contributed by atoms with E-state index in [4.69, 9.17) is 25.8 Å². The van der Waals surface area contributed by atoms with E-state index in [0.29, 0.717) is 12.5 Å². The Balaban J connectivity index is 1.87. The molecule has 1 aromatic carbocycles. The SMILES string of the molecule is COc1ccc(CC[C@]2(C)OC[C@H](CCl)O2)cc1. The molecule has 2 atom stereocenters. The Labute approximate surface area is 113 Å². The molecule has 1 saturated heterocycles. The molecule has 0 unspecified atom stereocenters. The van der Waals surface area contributed by atoms with Gasteiger partial charge in [0.1, 0.15) is 5.75 Å². The third-order valence-electron chi connectivity index (χ3n) is 3.19. The summed E-state index contributed by atoms with van der Waals surface area (Å²) in [6.07, 6.45) is 1.76. The van der Waals surface area contributed by atoms with Crippen LogP contribution in [0.4, 0.5) is 0 Å². The second-order valence-electron chi connectivity index (χ2n) is 4.69. The first kappa shape index (κ1) is 13.7. The summed E-state index contributed by atoms with van der Waals surface area (Å²) in [4.78, 5) is 0. The summed E-state index contributed by atoms with van der Waals surface area (Å²) >= 11 is 5.77. The predicted octanol–water partition coefficient (Wildman–Crippen LogP) is 3.00. The minimum Gasteiger partial charge on any atom is -0.497 e. The van der Waals surface area contributed by atoms with Gasteiger partial charge in [-0.15, -0.1) is 11.6 Å². The summed E-state index contributed by atoms with van der Waals surface area (Å²) in [5.41, 5.74) is 1.25. The quantitative estimate of drug-likeness (QED) is 0.770. The van der Waals surface area contributed by atoms with Gasteiger partial charge in [0.25, 0.3) is 0 Å². The summed E-state index contributed by atoms with van der Waals surface area (Å²) in [6.45, 7) is 2.56. The Morgan fingerprint density at radius 3 is 2.67 bits per heavy atom. The van der Waals surface area contributed by atoms with Crippen LogP contribution in [-0.2, 0) is 15.9 Å². The van der Waals surface area contributed by atoms with E-state index in [1.54, 1.807) is 7.11 Å². The molecule has 0 amide bonds. The molecule has 0 aliphatic carbocycles. The Morgan fingerprint density at radius 1 is 1.39 bits per heavy atom. The molecule has 0 aromatic heterocycles. The molecule has 0 bridgehead atoms. The zero-order valence-corrected chi connectivity index (χ0v) is 11.6. The van der Waals surface area contributed by atoms with E-state index in [-0.39, 0.29) is 6.10 Å². The van der Waals surface area contributed by atoms with E-state index < -0.39 is 5.79 Å². The molecule has 1 aliphatic heterocycles. The van der Waals surface area contributed by atoms with Gasteiger partial charge >= 0.3 is 0 Å². The highest BCUT2D eigenvalue weighted by molar-refractivity contribution is 6.18. The summed E-state index contributed by atoms with van der Waals surface area (Å²) in [5.74, 6) is 0.859. The molecule has 0 N–H and O–H groups in total. The Bertz CT molecular complexity index is 379. The third kappa shape index (κ3) is 3.37. The third-order valence-corrected chi connectivity index (χ3v) is 3.53. The van der Waals surface area contributed by atoms with Crippen molar-refractivity contribution in [2.24, 2.45) is 0 Å². The van der Waals surface area contributed by atoms with Gasteiger partial charge in [-0.1, -0.05) is 12.1 Å². The smallest absolute Gasteiger partial charge is 0.166 e. The number of halogens is 1. The number of hydrogen-bond donors (Lipinski definition) is 0. The van der Waals surface area contributed by atoms with Crippen LogP contribution in [0.3, 0.4) is 0 Å². The highest BCUT2D eigenvalue weighted by atomic mass is 35.5. The molecule has 18 heavy (non-hydrogen) atoms. The molecule has 1 aromatic rings. The van der Waals surface area contributed by atoms with Crippen LogP contribution in [0.2, 0.25) is 0 Å². The molecule has 1 aliphatic rings. The number of benzene rings is 1. The van der Waals surface area contributed by atoms with Crippen LogP contribution in [0.1, 0.15) is 18.9 Å². The Kier molecular flexibility index (Phi) is 4.49. The van der Waals surface area contributed by atoms with Crippen LogP contribution < -0.4 is 4.74 Å². The van der Waals surface area contributed by atoms with Gasteiger partial charge in [0.2, 0.25) is 0 Å². The molecule has 1 heterocycles. The number of rotatable bonds is 5. The summed E-state index contributed by atoms with van der Waals surface area (Å²) in [5, 5.41) is 0. The maximum atomic E-state index is 5.79. The molecule has 4 heteroatoms. The van der Waals surface area contributed by atoms with E-state index in [9.17, 15) is 0 Å². The molecular weight excluding hydrogens is 252 g/mol. The highest BCUT2D eigenvalue weighted by Gasteiger charge is 2.36. The van der Waals surface area contributed by atoms with Crippen molar-refractivity contribution in [3.63, 3.8) is 0 Å². The van der Waals surface area contributed by atoms with Crippen molar-refractivity contribution in [1.82, 2.24) is 0 Å². The normalized spacial score (nSPS) is 27.4. The summed E-state index contributed by atoms with van der Waals surface area (Å²) in [6, 6.07) is 8.07. The van der Waals surface area contributed by atoms with Crippen LogP contribution in [0, 0.1) is 0 Å². The van der Waals surface area contributed by atoms with Crippen LogP contribution in [0.25, 0.3) is 0 Å². The fraction of sp³-hybridized carbons (Fsp3) is 0.571. The lowest BCUT2D eigenvalue weighted by atomic mass is 10.1. The number of ether oxygens (including phenoxy) is 3. The maximum absolute atomic E-state index is 5.79. The lowest BCUT2D eigenvalue weighted by Crippen LogP contribution is -2.27. The minimum atomic E-state index is -0.501. The second kappa shape index (κ2) is 5.91. The van der Waals surface area contributed by atoms with Gasteiger partial charge in [-0.2, -0.15) is 0 Å². The lowest BCUT2D eigenvalue weighted by Gasteiger charge is -2.23. The molecule has 0 spiro atoms. The Hall–Kier alpha value is -0.770. The maximum Gasteiger partial charge on any atom is 0.166 e. The molecule has 0 radical (unpaired) electrons. The average molecular weight is 271 g/mol.